The van der Waals surface area contributed by atoms with Crippen LogP contribution in [0.5, 0.6) is 11.5 Å². The lowest BCUT2D eigenvalue weighted by Gasteiger charge is -2.13. The molecule has 30 heavy (non-hydrogen) atoms. The largest absolute Gasteiger partial charge is 0.490 e. The number of carbonyl (C=O) groups is 3. The molecule has 0 heterocycles. The summed E-state index contributed by atoms with van der Waals surface area (Å²) in [5.74, 6) is -0.245. The summed E-state index contributed by atoms with van der Waals surface area (Å²) in [7, 11) is 0. The van der Waals surface area contributed by atoms with E-state index in [1.54, 1.807) is 18.2 Å². The van der Waals surface area contributed by atoms with Crippen LogP contribution in [0.3, 0.4) is 0 Å². The number of aryl methyl sites for hydroxylation is 1. The van der Waals surface area contributed by atoms with Crippen molar-refractivity contribution in [2.24, 2.45) is 0 Å². The van der Waals surface area contributed by atoms with Crippen molar-refractivity contribution in [3.05, 3.63) is 53.6 Å². The molecule has 0 bridgehead atoms. The quantitative estimate of drug-likeness (QED) is 0.611. The summed E-state index contributed by atoms with van der Waals surface area (Å²) in [5, 5.41) is 4.64. The fraction of sp³-hybridized carbons (Fsp3) is 0.318. The Kier molecular flexibility index (Phi) is 8.68. The molecule has 0 spiro atoms. The van der Waals surface area contributed by atoms with Crippen LogP contribution in [0.4, 0.5) is 10.5 Å². The SMILES string of the molecule is CCOc1ccc(NC(=O)NC(=O)COC(=O)Cc2ccccc2C)cc1OCC. The summed E-state index contributed by atoms with van der Waals surface area (Å²) in [4.78, 5) is 35.8. The van der Waals surface area contributed by atoms with Crippen LogP contribution < -0.4 is 20.1 Å². The van der Waals surface area contributed by atoms with Gasteiger partial charge in [-0.1, -0.05) is 24.3 Å². The summed E-state index contributed by atoms with van der Waals surface area (Å²) in [6.07, 6.45) is 0.0541. The van der Waals surface area contributed by atoms with Gasteiger partial charge in [0.15, 0.2) is 18.1 Å². The van der Waals surface area contributed by atoms with Gasteiger partial charge in [-0.3, -0.25) is 14.9 Å². The molecule has 8 heteroatoms. The van der Waals surface area contributed by atoms with Gasteiger partial charge in [0, 0.05) is 11.8 Å². The van der Waals surface area contributed by atoms with Gasteiger partial charge in [0.25, 0.3) is 5.91 Å². The zero-order valence-electron chi connectivity index (χ0n) is 17.3. The van der Waals surface area contributed by atoms with Crippen LogP contribution in [0.15, 0.2) is 42.5 Å². The van der Waals surface area contributed by atoms with Crippen molar-refractivity contribution in [1.82, 2.24) is 5.32 Å². The van der Waals surface area contributed by atoms with E-state index in [1.165, 1.54) is 0 Å². The van der Waals surface area contributed by atoms with E-state index in [0.29, 0.717) is 30.4 Å². The van der Waals surface area contributed by atoms with Gasteiger partial charge in [-0.15, -0.1) is 0 Å². The molecule has 0 radical (unpaired) electrons. The summed E-state index contributed by atoms with van der Waals surface area (Å²) < 4.78 is 15.9. The summed E-state index contributed by atoms with van der Waals surface area (Å²) >= 11 is 0. The Morgan fingerprint density at radius 1 is 0.933 bits per heavy atom. The molecule has 8 nitrogen and oxygen atoms in total. The first-order chi connectivity index (χ1) is 14.4. The molecule has 0 fully saturated rings. The standard InChI is InChI=1S/C22H26N2O6/c1-4-28-18-11-10-17(13-19(18)29-5-2)23-22(27)24-20(25)14-30-21(26)12-16-9-7-6-8-15(16)3/h6-11,13H,4-5,12,14H2,1-3H3,(H2,23,24,25,27). The summed E-state index contributed by atoms with van der Waals surface area (Å²) in [5.41, 5.74) is 2.20. The molecule has 160 valence electrons. The molecule has 2 aromatic carbocycles. The first-order valence-electron chi connectivity index (χ1n) is 9.63. The lowest BCUT2D eigenvalue weighted by molar-refractivity contribution is -0.147. The molecule has 2 aromatic rings. The van der Waals surface area contributed by atoms with Crippen LogP contribution in [-0.2, 0) is 20.7 Å². The van der Waals surface area contributed by atoms with Crippen LogP contribution in [0.1, 0.15) is 25.0 Å². The molecule has 0 aliphatic heterocycles. The predicted molar refractivity (Wildman–Crippen MR) is 112 cm³/mol. The van der Waals surface area contributed by atoms with Gasteiger partial charge in [0.1, 0.15) is 0 Å². The minimum atomic E-state index is -0.749. The van der Waals surface area contributed by atoms with Crippen LogP contribution in [0.25, 0.3) is 0 Å². The molecule has 3 amide bonds. The number of benzene rings is 2. The highest BCUT2D eigenvalue weighted by Crippen LogP contribution is 2.30. The topological polar surface area (TPSA) is 103 Å². The van der Waals surface area contributed by atoms with Crippen LogP contribution in [0.2, 0.25) is 0 Å². The molecule has 2 rings (SSSR count). The van der Waals surface area contributed by atoms with E-state index < -0.39 is 24.5 Å². The van der Waals surface area contributed by atoms with E-state index in [0.717, 1.165) is 11.1 Å². The zero-order chi connectivity index (χ0) is 21.9. The minimum Gasteiger partial charge on any atom is -0.490 e. The maximum absolute atomic E-state index is 12.0. The Labute approximate surface area is 175 Å². The highest BCUT2D eigenvalue weighted by atomic mass is 16.5. The van der Waals surface area contributed by atoms with Crippen LogP contribution >= 0.6 is 0 Å². The average molecular weight is 414 g/mol. The Bertz CT molecular complexity index is 897. The molecule has 0 aliphatic carbocycles. The second kappa shape index (κ2) is 11.5. The Morgan fingerprint density at radius 2 is 1.63 bits per heavy atom. The zero-order valence-corrected chi connectivity index (χ0v) is 17.3. The third-order valence-electron chi connectivity index (χ3n) is 4.01. The predicted octanol–water partition coefficient (Wildman–Crippen LogP) is 3.23. The first kappa shape index (κ1) is 22.7. The Morgan fingerprint density at radius 3 is 2.33 bits per heavy atom. The van der Waals surface area contributed by atoms with Gasteiger partial charge >= 0.3 is 12.0 Å². The maximum Gasteiger partial charge on any atom is 0.325 e. The molecular weight excluding hydrogens is 388 g/mol. The fourth-order valence-electron chi connectivity index (χ4n) is 2.61. The number of esters is 1. The van der Waals surface area contributed by atoms with Gasteiger partial charge in [-0.25, -0.2) is 4.79 Å². The summed E-state index contributed by atoms with van der Waals surface area (Å²) in [6.45, 7) is 5.94. The molecule has 2 N–H and O–H groups in total. The summed E-state index contributed by atoms with van der Waals surface area (Å²) in [6, 6.07) is 11.5. The number of imide groups is 1. The van der Waals surface area contributed by atoms with Gasteiger partial charge in [-0.05, 0) is 44.0 Å². The number of rotatable bonds is 9. The number of anilines is 1. The number of hydrogen-bond donors (Lipinski definition) is 2. The number of amides is 3. The van der Waals surface area contributed by atoms with Crippen molar-refractivity contribution in [3.63, 3.8) is 0 Å². The third kappa shape index (κ3) is 7.12. The van der Waals surface area contributed by atoms with Gasteiger partial charge in [0.05, 0.1) is 19.6 Å². The highest BCUT2D eigenvalue weighted by molar-refractivity contribution is 6.02. The molecule has 0 aliphatic rings. The van der Waals surface area contributed by atoms with Crippen molar-refractivity contribution >= 4 is 23.6 Å². The number of urea groups is 1. The number of nitrogens with one attached hydrogen (secondary N) is 2. The lowest BCUT2D eigenvalue weighted by atomic mass is 10.1. The maximum atomic E-state index is 12.0. The van der Waals surface area contributed by atoms with E-state index in [9.17, 15) is 14.4 Å². The second-order valence-electron chi connectivity index (χ2n) is 6.29. The molecule has 0 saturated carbocycles. The van der Waals surface area contributed by atoms with Gasteiger partial charge in [0.2, 0.25) is 0 Å². The monoisotopic (exact) mass is 414 g/mol. The number of carbonyl (C=O) groups excluding carboxylic acids is 3. The molecular formula is C22H26N2O6. The normalized spacial score (nSPS) is 10.1. The van der Waals surface area contributed by atoms with Gasteiger partial charge in [-0.2, -0.15) is 0 Å². The second-order valence-corrected chi connectivity index (χ2v) is 6.29. The van der Waals surface area contributed by atoms with Crippen molar-refractivity contribution in [3.8, 4) is 11.5 Å². The van der Waals surface area contributed by atoms with E-state index in [2.05, 4.69) is 10.6 Å². The molecule has 0 unspecified atom stereocenters. The van der Waals surface area contributed by atoms with E-state index in [4.69, 9.17) is 14.2 Å². The average Bonchev–Trinajstić information content (AvgIpc) is 2.70. The van der Waals surface area contributed by atoms with Crippen molar-refractivity contribution in [2.75, 3.05) is 25.1 Å². The minimum absolute atomic E-state index is 0.0541. The van der Waals surface area contributed by atoms with Crippen molar-refractivity contribution < 1.29 is 28.6 Å². The van der Waals surface area contributed by atoms with E-state index >= 15 is 0 Å². The Balaban J connectivity index is 1.83. The van der Waals surface area contributed by atoms with E-state index in [-0.39, 0.29) is 6.42 Å². The van der Waals surface area contributed by atoms with Crippen LogP contribution in [0, 0.1) is 6.92 Å². The third-order valence-corrected chi connectivity index (χ3v) is 4.01. The Hall–Kier alpha value is -3.55. The number of ether oxygens (including phenoxy) is 3. The van der Waals surface area contributed by atoms with E-state index in [1.807, 2.05) is 45.0 Å². The first-order valence-corrected chi connectivity index (χ1v) is 9.63. The smallest absolute Gasteiger partial charge is 0.325 e. The van der Waals surface area contributed by atoms with Crippen molar-refractivity contribution in [1.29, 1.82) is 0 Å². The fourth-order valence-corrected chi connectivity index (χ4v) is 2.61. The number of hydrogen-bond acceptors (Lipinski definition) is 6. The molecule has 0 atom stereocenters. The lowest BCUT2D eigenvalue weighted by Crippen LogP contribution is -2.37. The molecule has 0 aromatic heterocycles. The van der Waals surface area contributed by atoms with Crippen molar-refractivity contribution in [2.45, 2.75) is 27.2 Å². The molecule has 0 saturated heterocycles. The van der Waals surface area contributed by atoms with Crippen LogP contribution in [-0.4, -0.2) is 37.7 Å². The van der Waals surface area contributed by atoms with Gasteiger partial charge < -0.3 is 19.5 Å². The highest BCUT2D eigenvalue weighted by Gasteiger charge is 2.13.